The van der Waals surface area contributed by atoms with E-state index in [2.05, 4.69) is 12.2 Å². The maximum Gasteiger partial charge on any atom is 0.317 e. The predicted octanol–water partition coefficient (Wildman–Crippen LogP) is 2.37. The predicted molar refractivity (Wildman–Crippen MR) is 76.0 cm³/mol. The lowest BCUT2D eigenvalue weighted by Crippen LogP contribution is -2.44. The lowest BCUT2D eigenvalue weighted by molar-refractivity contribution is 0.169. The summed E-state index contributed by atoms with van der Waals surface area (Å²) in [5, 5.41) is 12.1. The molecule has 0 radical (unpaired) electrons. The number of aliphatic hydroxyl groups is 1. The molecule has 2 rings (SSSR count). The van der Waals surface area contributed by atoms with Crippen molar-refractivity contribution in [3.05, 3.63) is 0 Å². The highest BCUT2D eigenvalue weighted by Gasteiger charge is 2.32. The maximum absolute atomic E-state index is 12.1. The van der Waals surface area contributed by atoms with Crippen molar-refractivity contribution in [3.8, 4) is 0 Å². The van der Waals surface area contributed by atoms with Crippen LogP contribution in [0.3, 0.4) is 0 Å². The number of carbonyl (C=O) groups is 1. The van der Waals surface area contributed by atoms with Crippen LogP contribution in [0.15, 0.2) is 0 Å². The van der Waals surface area contributed by atoms with Crippen molar-refractivity contribution in [2.24, 2.45) is 11.8 Å². The second-order valence-corrected chi connectivity index (χ2v) is 6.13. The standard InChI is InChI=1S/C15H28N2O2/c1-2-12-3-5-13(6-4-12)11-16-15(19)17(9-10-18)14-7-8-14/h12-14,18H,2-11H2,1H3,(H,16,19). The van der Waals surface area contributed by atoms with Gasteiger partial charge in [0.15, 0.2) is 0 Å². The van der Waals surface area contributed by atoms with Crippen LogP contribution in [-0.2, 0) is 0 Å². The van der Waals surface area contributed by atoms with E-state index in [4.69, 9.17) is 5.11 Å². The van der Waals surface area contributed by atoms with Crippen LogP contribution in [0.25, 0.3) is 0 Å². The zero-order chi connectivity index (χ0) is 13.7. The molecule has 19 heavy (non-hydrogen) atoms. The lowest BCUT2D eigenvalue weighted by atomic mass is 9.81. The fourth-order valence-corrected chi connectivity index (χ4v) is 3.12. The van der Waals surface area contributed by atoms with Crippen LogP contribution in [0.4, 0.5) is 4.79 Å². The van der Waals surface area contributed by atoms with Crippen LogP contribution in [0.5, 0.6) is 0 Å². The van der Waals surface area contributed by atoms with Gasteiger partial charge in [-0.1, -0.05) is 26.2 Å². The van der Waals surface area contributed by atoms with Gasteiger partial charge in [-0.3, -0.25) is 0 Å². The molecule has 0 aromatic heterocycles. The van der Waals surface area contributed by atoms with Crippen LogP contribution in [-0.4, -0.2) is 41.8 Å². The van der Waals surface area contributed by atoms with Crippen LogP contribution in [0, 0.1) is 11.8 Å². The number of urea groups is 1. The molecular formula is C15H28N2O2. The minimum absolute atomic E-state index is 0.0224. The average molecular weight is 268 g/mol. The molecular weight excluding hydrogens is 240 g/mol. The van der Waals surface area contributed by atoms with E-state index in [0.717, 1.165) is 25.3 Å². The third kappa shape index (κ3) is 4.37. The van der Waals surface area contributed by atoms with Crippen LogP contribution < -0.4 is 5.32 Å². The van der Waals surface area contributed by atoms with Gasteiger partial charge in [0, 0.05) is 19.1 Å². The number of nitrogens with one attached hydrogen (secondary N) is 1. The molecule has 2 aliphatic carbocycles. The highest BCUT2D eigenvalue weighted by atomic mass is 16.3. The van der Waals surface area contributed by atoms with E-state index in [1.165, 1.54) is 32.1 Å². The smallest absolute Gasteiger partial charge is 0.317 e. The van der Waals surface area contributed by atoms with Crippen LogP contribution >= 0.6 is 0 Å². The zero-order valence-electron chi connectivity index (χ0n) is 12.1. The van der Waals surface area contributed by atoms with Crippen LogP contribution in [0.2, 0.25) is 0 Å². The molecule has 0 aliphatic heterocycles. The second kappa shape index (κ2) is 7.13. The SMILES string of the molecule is CCC1CCC(CNC(=O)N(CCO)C2CC2)CC1. The molecule has 2 aliphatic rings. The Bertz CT molecular complexity index is 284. The van der Waals surface area contributed by atoms with Gasteiger partial charge in [0.2, 0.25) is 0 Å². The molecule has 2 saturated carbocycles. The molecule has 0 atom stereocenters. The number of rotatable bonds is 6. The van der Waals surface area contributed by atoms with Gasteiger partial charge in [-0.15, -0.1) is 0 Å². The molecule has 2 fully saturated rings. The summed E-state index contributed by atoms with van der Waals surface area (Å²) in [6.07, 6.45) is 8.62. The third-order valence-electron chi connectivity index (χ3n) is 4.68. The monoisotopic (exact) mass is 268 g/mol. The van der Waals surface area contributed by atoms with E-state index in [-0.39, 0.29) is 12.6 Å². The summed E-state index contributed by atoms with van der Waals surface area (Å²) >= 11 is 0. The van der Waals surface area contributed by atoms with Crippen molar-refractivity contribution in [2.45, 2.75) is 57.9 Å². The first-order chi connectivity index (χ1) is 9.24. The van der Waals surface area contributed by atoms with Crippen molar-refractivity contribution in [1.82, 2.24) is 10.2 Å². The Balaban J connectivity index is 1.68. The Hall–Kier alpha value is -0.770. The van der Waals surface area contributed by atoms with Gasteiger partial charge in [0.05, 0.1) is 6.61 Å². The highest BCUT2D eigenvalue weighted by molar-refractivity contribution is 5.74. The molecule has 2 N–H and O–H groups in total. The van der Waals surface area contributed by atoms with Crippen molar-refractivity contribution < 1.29 is 9.90 Å². The number of amides is 2. The van der Waals surface area contributed by atoms with E-state index in [0.29, 0.717) is 18.5 Å². The Labute approximate surface area is 116 Å². The molecule has 0 saturated heterocycles. The highest BCUT2D eigenvalue weighted by Crippen LogP contribution is 2.30. The van der Waals surface area contributed by atoms with Gasteiger partial charge in [-0.25, -0.2) is 4.79 Å². The summed E-state index contributed by atoms with van der Waals surface area (Å²) in [5.41, 5.74) is 0. The summed E-state index contributed by atoms with van der Waals surface area (Å²) < 4.78 is 0. The van der Waals surface area contributed by atoms with Gasteiger partial charge in [-0.05, 0) is 37.5 Å². The fourth-order valence-electron chi connectivity index (χ4n) is 3.12. The molecule has 0 spiro atoms. The summed E-state index contributed by atoms with van der Waals surface area (Å²) in [6.45, 7) is 3.61. The molecule has 110 valence electrons. The van der Waals surface area contributed by atoms with E-state index in [1.807, 2.05) is 0 Å². The molecule has 0 unspecified atom stereocenters. The number of hydrogen-bond acceptors (Lipinski definition) is 2. The second-order valence-electron chi connectivity index (χ2n) is 6.13. The molecule has 0 aromatic rings. The summed E-state index contributed by atoms with van der Waals surface area (Å²) in [4.78, 5) is 13.9. The van der Waals surface area contributed by atoms with E-state index in [1.54, 1.807) is 4.90 Å². The molecule has 0 aromatic carbocycles. The minimum atomic E-state index is 0.0224. The topological polar surface area (TPSA) is 52.6 Å². The van der Waals surface area contributed by atoms with E-state index in [9.17, 15) is 4.79 Å². The summed E-state index contributed by atoms with van der Waals surface area (Å²) in [5.74, 6) is 1.56. The number of nitrogens with zero attached hydrogens (tertiary/aromatic N) is 1. The number of carbonyl (C=O) groups excluding carboxylic acids is 1. The Morgan fingerprint density at radius 2 is 1.79 bits per heavy atom. The van der Waals surface area contributed by atoms with Crippen molar-refractivity contribution in [1.29, 1.82) is 0 Å². The largest absolute Gasteiger partial charge is 0.395 e. The number of hydrogen-bond donors (Lipinski definition) is 2. The third-order valence-corrected chi connectivity index (χ3v) is 4.68. The number of aliphatic hydroxyl groups excluding tert-OH is 1. The molecule has 2 amide bonds. The van der Waals surface area contributed by atoms with Crippen molar-refractivity contribution >= 4 is 6.03 Å². The van der Waals surface area contributed by atoms with E-state index < -0.39 is 0 Å². The van der Waals surface area contributed by atoms with Gasteiger partial charge >= 0.3 is 6.03 Å². The Morgan fingerprint density at radius 3 is 2.32 bits per heavy atom. The minimum Gasteiger partial charge on any atom is -0.395 e. The van der Waals surface area contributed by atoms with Gasteiger partial charge < -0.3 is 15.3 Å². The first-order valence-electron chi connectivity index (χ1n) is 7.90. The lowest BCUT2D eigenvalue weighted by Gasteiger charge is -2.29. The first kappa shape index (κ1) is 14.6. The maximum atomic E-state index is 12.1. The fraction of sp³-hybridized carbons (Fsp3) is 0.933. The van der Waals surface area contributed by atoms with Crippen molar-refractivity contribution in [2.75, 3.05) is 19.7 Å². The quantitative estimate of drug-likeness (QED) is 0.777. The summed E-state index contributed by atoms with van der Waals surface area (Å²) in [7, 11) is 0. The van der Waals surface area contributed by atoms with Crippen LogP contribution in [0.1, 0.15) is 51.9 Å². The molecule has 0 heterocycles. The van der Waals surface area contributed by atoms with Crippen molar-refractivity contribution in [3.63, 3.8) is 0 Å². The Kier molecular flexibility index (Phi) is 5.49. The zero-order valence-corrected chi connectivity index (χ0v) is 12.1. The molecule has 4 heteroatoms. The van der Waals surface area contributed by atoms with Gasteiger partial charge in [-0.2, -0.15) is 0 Å². The molecule has 0 bridgehead atoms. The Morgan fingerprint density at radius 1 is 1.16 bits per heavy atom. The average Bonchev–Trinajstić information content (AvgIpc) is 3.27. The normalized spacial score (nSPS) is 27.1. The van der Waals surface area contributed by atoms with Gasteiger partial charge in [0.1, 0.15) is 0 Å². The molecule has 4 nitrogen and oxygen atoms in total. The first-order valence-corrected chi connectivity index (χ1v) is 7.90. The van der Waals surface area contributed by atoms with Gasteiger partial charge in [0.25, 0.3) is 0 Å². The summed E-state index contributed by atoms with van der Waals surface area (Å²) in [6, 6.07) is 0.400. The van der Waals surface area contributed by atoms with E-state index >= 15 is 0 Å².